The third-order valence-electron chi connectivity index (χ3n) is 3.64. The quantitative estimate of drug-likeness (QED) is 0.666. The van der Waals surface area contributed by atoms with Crippen LogP contribution in [0.3, 0.4) is 0 Å². The van der Waals surface area contributed by atoms with Crippen LogP contribution in [0.4, 0.5) is 4.39 Å². The average Bonchev–Trinajstić information content (AvgIpc) is 2.54. The van der Waals surface area contributed by atoms with E-state index in [-0.39, 0.29) is 12.2 Å². The maximum absolute atomic E-state index is 13.6. The number of pyridine rings is 1. The van der Waals surface area contributed by atoms with Crippen molar-refractivity contribution in [1.82, 2.24) is 4.98 Å². The first-order valence-electron chi connectivity index (χ1n) is 6.97. The Labute approximate surface area is 127 Å². The van der Waals surface area contributed by atoms with Crippen LogP contribution in [-0.2, 0) is 11.2 Å². The summed E-state index contributed by atoms with van der Waals surface area (Å²) in [4.78, 5) is 15.5. The van der Waals surface area contributed by atoms with Crippen LogP contribution in [0.25, 0.3) is 28.1 Å². The van der Waals surface area contributed by atoms with Crippen LogP contribution in [0.15, 0.2) is 55.2 Å². The topological polar surface area (TPSA) is 30.0 Å². The molecule has 0 saturated carbocycles. The van der Waals surface area contributed by atoms with Gasteiger partial charge in [-0.25, -0.2) is 4.39 Å². The van der Waals surface area contributed by atoms with Crippen LogP contribution in [-0.4, -0.2) is 11.3 Å². The molecule has 1 heterocycles. The van der Waals surface area contributed by atoms with E-state index in [1.54, 1.807) is 18.3 Å². The summed E-state index contributed by atoms with van der Waals surface area (Å²) < 4.78 is 13.6. The second kappa shape index (κ2) is 5.90. The van der Waals surface area contributed by atoms with Gasteiger partial charge in [0.25, 0.3) is 0 Å². The summed E-state index contributed by atoms with van der Waals surface area (Å²) in [6, 6.07) is 12.1. The minimum atomic E-state index is -0.313. The van der Waals surface area contributed by atoms with Gasteiger partial charge < -0.3 is 4.79 Å². The maximum Gasteiger partial charge on any atom is 0.124 e. The molecule has 0 fully saturated rings. The van der Waals surface area contributed by atoms with Gasteiger partial charge in [0.2, 0.25) is 0 Å². The average molecular weight is 291 g/mol. The van der Waals surface area contributed by atoms with Crippen LogP contribution in [0, 0.1) is 5.82 Å². The molecular weight excluding hydrogens is 277 g/mol. The first-order chi connectivity index (χ1) is 10.7. The first-order valence-corrected chi connectivity index (χ1v) is 6.97. The zero-order valence-electron chi connectivity index (χ0n) is 11.9. The van der Waals surface area contributed by atoms with Gasteiger partial charge in [-0.2, -0.15) is 0 Å². The van der Waals surface area contributed by atoms with Crippen molar-refractivity contribution in [2.75, 3.05) is 0 Å². The molecule has 3 heteroatoms. The fourth-order valence-corrected chi connectivity index (χ4v) is 2.71. The number of fused-ring (bicyclic) bond motifs is 1. The Hall–Kier alpha value is -2.81. The monoisotopic (exact) mass is 291 g/mol. The molecule has 22 heavy (non-hydrogen) atoms. The lowest BCUT2D eigenvalue weighted by Crippen LogP contribution is -1.97. The number of aldehydes is 1. The summed E-state index contributed by atoms with van der Waals surface area (Å²) in [6.45, 7) is 3.82. The van der Waals surface area contributed by atoms with Gasteiger partial charge in [-0.3, -0.25) is 4.98 Å². The second-order valence-corrected chi connectivity index (χ2v) is 4.98. The molecule has 3 rings (SSSR count). The molecule has 2 nitrogen and oxygen atoms in total. The van der Waals surface area contributed by atoms with Crippen molar-refractivity contribution in [3.63, 3.8) is 0 Å². The van der Waals surface area contributed by atoms with Crippen molar-refractivity contribution in [2.45, 2.75) is 6.42 Å². The molecule has 0 aliphatic heterocycles. The minimum Gasteiger partial charge on any atom is -0.303 e. The van der Waals surface area contributed by atoms with E-state index in [2.05, 4.69) is 11.6 Å². The third-order valence-corrected chi connectivity index (χ3v) is 3.64. The van der Waals surface area contributed by atoms with Crippen LogP contribution < -0.4 is 0 Å². The fraction of sp³-hybridized carbons (Fsp3) is 0.0526. The summed E-state index contributed by atoms with van der Waals surface area (Å²) in [7, 11) is 0. The van der Waals surface area contributed by atoms with Gasteiger partial charge in [0.1, 0.15) is 12.1 Å². The Kier molecular flexibility index (Phi) is 3.79. The molecular formula is C19H14FNO. The number of halogens is 1. The summed E-state index contributed by atoms with van der Waals surface area (Å²) in [5.41, 5.74) is 4.01. The molecule has 108 valence electrons. The Morgan fingerprint density at radius 2 is 2.05 bits per heavy atom. The van der Waals surface area contributed by atoms with E-state index < -0.39 is 0 Å². The van der Waals surface area contributed by atoms with E-state index in [0.29, 0.717) is 0 Å². The highest BCUT2D eigenvalue weighted by atomic mass is 19.1. The van der Waals surface area contributed by atoms with E-state index in [1.807, 2.05) is 24.3 Å². The molecule has 0 spiro atoms. The number of aromatic nitrogens is 1. The van der Waals surface area contributed by atoms with E-state index in [9.17, 15) is 9.18 Å². The third kappa shape index (κ3) is 2.42. The zero-order chi connectivity index (χ0) is 15.5. The van der Waals surface area contributed by atoms with Gasteiger partial charge >= 0.3 is 0 Å². The van der Waals surface area contributed by atoms with Crippen molar-refractivity contribution >= 4 is 23.3 Å². The van der Waals surface area contributed by atoms with Crippen molar-refractivity contribution in [3.8, 4) is 11.1 Å². The Balaban J connectivity index is 2.42. The lowest BCUT2D eigenvalue weighted by molar-refractivity contribution is -0.107. The molecule has 0 radical (unpaired) electrons. The first kappa shape index (κ1) is 14.1. The number of carbonyl (C=O) groups is 1. The lowest BCUT2D eigenvalue weighted by atomic mass is 9.92. The van der Waals surface area contributed by atoms with E-state index >= 15 is 0 Å². The Bertz CT molecular complexity index is 870. The predicted octanol–water partition coefficient (Wildman–Crippen LogP) is 4.43. The van der Waals surface area contributed by atoms with Gasteiger partial charge in [0, 0.05) is 23.6 Å². The standard InChI is InChI=1S/C19H14FNO/c1-2-13-11-15(8-10-22)18(14-5-3-6-16(20)12-14)19-17(13)7-4-9-21-19/h2-7,9-12H,1,8H2. The number of benzene rings is 2. The smallest absolute Gasteiger partial charge is 0.124 e. The van der Waals surface area contributed by atoms with Crippen molar-refractivity contribution in [3.05, 3.63) is 72.2 Å². The van der Waals surface area contributed by atoms with Gasteiger partial charge in [0.05, 0.1) is 5.52 Å². The van der Waals surface area contributed by atoms with Crippen LogP contribution >= 0.6 is 0 Å². The van der Waals surface area contributed by atoms with E-state index in [4.69, 9.17) is 0 Å². The fourth-order valence-electron chi connectivity index (χ4n) is 2.71. The van der Waals surface area contributed by atoms with E-state index in [1.165, 1.54) is 12.1 Å². The molecule has 0 aliphatic rings. The van der Waals surface area contributed by atoms with Gasteiger partial charge in [0.15, 0.2) is 0 Å². The minimum absolute atomic E-state index is 0.249. The summed E-state index contributed by atoms with van der Waals surface area (Å²) in [5.74, 6) is -0.313. The summed E-state index contributed by atoms with van der Waals surface area (Å²) >= 11 is 0. The highest BCUT2D eigenvalue weighted by Gasteiger charge is 2.14. The largest absolute Gasteiger partial charge is 0.303 e. The van der Waals surface area contributed by atoms with Crippen molar-refractivity contribution in [1.29, 1.82) is 0 Å². The number of hydrogen-bond acceptors (Lipinski definition) is 2. The van der Waals surface area contributed by atoms with Crippen LogP contribution in [0.2, 0.25) is 0 Å². The van der Waals surface area contributed by atoms with Crippen molar-refractivity contribution < 1.29 is 9.18 Å². The summed E-state index contributed by atoms with van der Waals surface area (Å²) in [5, 5.41) is 0.936. The normalized spacial score (nSPS) is 10.6. The molecule has 0 aliphatic carbocycles. The SMILES string of the molecule is C=Cc1cc(CC=O)c(-c2cccc(F)c2)c2ncccc12. The zero-order valence-corrected chi connectivity index (χ0v) is 11.9. The Morgan fingerprint density at radius 3 is 2.77 bits per heavy atom. The molecule has 1 aromatic heterocycles. The maximum atomic E-state index is 13.6. The molecule has 3 aromatic rings. The number of nitrogens with zero attached hydrogens (tertiary/aromatic N) is 1. The van der Waals surface area contributed by atoms with Crippen LogP contribution in [0.5, 0.6) is 0 Å². The van der Waals surface area contributed by atoms with E-state index in [0.717, 1.165) is 39.4 Å². The highest BCUT2D eigenvalue weighted by molar-refractivity contribution is 6.00. The molecule has 0 atom stereocenters. The number of rotatable bonds is 4. The molecule has 0 N–H and O–H groups in total. The molecule has 2 aromatic carbocycles. The van der Waals surface area contributed by atoms with Gasteiger partial charge in [-0.1, -0.05) is 30.9 Å². The lowest BCUT2D eigenvalue weighted by Gasteiger charge is -2.14. The van der Waals surface area contributed by atoms with Crippen molar-refractivity contribution in [2.24, 2.45) is 0 Å². The predicted molar refractivity (Wildman–Crippen MR) is 87.0 cm³/mol. The van der Waals surface area contributed by atoms with Gasteiger partial charge in [-0.15, -0.1) is 0 Å². The Morgan fingerprint density at radius 1 is 1.18 bits per heavy atom. The summed E-state index contributed by atoms with van der Waals surface area (Å²) in [6.07, 6.45) is 4.54. The molecule has 0 bridgehead atoms. The highest BCUT2D eigenvalue weighted by Crippen LogP contribution is 2.34. The second-order valence-electron chi connectivity index (χ2n) is 4.98. The van der Waals surface area contributed by atoms with Crippen LogP contribution in [0.1, 0.15) is 11.1 Å². The number of hydrogen-bond donors (Lipinski definition) is 0. The molecule has 0 amide bonds. The molecule has 0 unspecified atom stereocenters. The number of carbonyl (C=O) groups excluding carboxylic acids is 1. The van der Waals surface area contributed by atoms with Gasteiger partial charge in [-0.05, 0) is 41.0 Å². The molecule has 0 saturated heterocycles.